The van der Waals surface area contributed by atoms with Gasteiger partial charge in [0.05, 0.1) is 16.9 Å². The Bertz CT molecular complexity index is 1270. The zero-order chi connectivity index (χ0) is 24.7. The lowest BCUT2D eigenvalue weighted by atomic mass is 10.1. The van der Waals surface area contributed by atoms with E-state index in [2.05, 4.69) is 20.8 Å². The molecule has 0 atom stereocenters. The molecule has 3 N–H and O–H groups in total. The van der Waals surface area contributed by atoms with Gasteiger partial charge in [-0.1, -0.05) is 19.1 Å². The number of H-pyrrole nitrogens is 1. The second-order valence-corrected chi connectivity index (χ2v) is 8.01. The van der Waals surface area contributed by atoms with Crippen molar-refractivity contribution >= 4 is 39.8 Å². The molecule has 2 aromatic carbocycles. The Labute approximate surface area is 197 Å². The number of hydrogen-bond acceptors (Lipinski definition) is 6. The van der Waals surface area contributed by atoms with Crippen molar-refractivity contribution in [2.75, 3.05) is 30.4 Å². The lowest BCUT2D eigenvalue weighted by Crippen LogP contribution is -2.31. The van der Waals surface area contributed by atoms with Crippen molar-refractivity contribution in [2.45, 2.75) is 33.1 Å². The number of pyridine rings is 1. The molecule has 0 spiro atoms. The molecule has 178 valence electrons. The van der Waals surface area contributed by atoms with Crippen molar-refractivity contribution in [2.24, 2.45) is 5.18 Å². The number of rotatable bonds is 10. The lowest BCUT2D eigenvalue weighted by Gasteiger charge is -2.19. The van der Waals surface area contributed by atoms with Crippen LogP contribution < -0.4 is 21.1 Å². The minimum Gasteiger partial charge on any atom is -0.373 e. The second-order valence-electron chi connectivity index (χ2n) is 8.01. The third kappa shape index (κ3) is 5.67. The quantitative estimate of drug-likeness (QED) is 0.391. The summed E-state index contributed by atoms with van der Waals surface area (Å²) >= 11 is 0. The summed E-state index contributed by atoms with van der Waals surface area (Å²) < 4.78 is 0. The van der Waals surface area contributed by atoms with E-state index in [0.29, 0.717) is 54.6 Å². The van der Waals surface area contributed by atoms with Crippen LogP contribution in [0.1, 0.15) is 42.6 Å². The Kier molecular flexibility index (Phi) is 8.13. The Morgan fingerprint density at radius 2 is 1.91 bits per heavy atom. The molecule has 0 unspecified atom stereocenters. The zero-order valence-electron chi connectivity index (χ0n) is 19.6. The summed E-state index contributed by atoms with van der Waals surface area (Å²) in [4.78, 5) is 53.1. The number of hydrogen-bond donors (Lipinski definition) is 3. The van der Waals surface area contributed by atoms with Crippen LogP contribution in [0.2, 0.25) is 0 Å². The van der Waals surface area contributed by atoms with Gasteiger partial charge in [0.2, 0.25) is 5.91 Å². The van der Waals surface area contributed by atoms with E-state index in [9.17, 15) is 19.3 Å². The molecule has 0 aliphatic carbocycles. The van der Waals surface area contributed by atoms with E-state index in [-0.39, 0.29) is 11.5 Å². The van der Waals surface area contributed by atoms with Crippen molar-refractivity contribution in [3.63, 3.8) is 0 Å². The maximum atomic E-state index is 12.8. The molecule has 0 fully saturated rings. The van der Waals surface area contributed by atoms with E-state index in [1.165, 1.54) is 6.07 Å². The van der Waals surface area contributed by atoms with Gasteiger partial charge < -0.3 is 20.5 Å². The summed E-state index contributed by atoms with van der Waals surface area (Å²) in [5, 5.41) is 9.27. The number of carbonyl (C=O) groups is 2. The summed E-state index contributed by atoms with van der Waals surface area (Å²) in [5.74, 6) is -0.633. The van der Waals surface area contributed by atoms with Gasteiger partial charge in [-0.05, 0) is 60.8 Å². The summed E-state index contributed by atoms with van der Waals surface area (Å²) in [6.07, 6.45) is 1.61. The fraction of sp³-hybridized carbons (Fsp3) is 0.320. The number of nitrogens with zero attached hydrogens (tertiary/aromatic N) is 2. The molecule has 0 aliphatic rings. The molecule has 0 bridgehead atoms. The van der Waals surface area contributed by atoms with Crippen LogP contribution >= 0.6 is 0 Å². The van der Waals surface area contributed by atoms with Crippen LogP contribution in [-0.4, -0.2) is 36.9 Å². The lowest BCUT2D eigenvalue weighted by molar-refractivity contribution is -0.116. The fourth-order valence-electron chi connectivity index (χ4n) is 3.64. The number of nitroso groups, excluding NO2 is 1. The molecule has 0 saturated carbocycles. The average molecular weight is 464 g/mol. The Hall–Kier alpha value is -4.01. The number of aromatic nitrogens is 1. The zero-order valence-corrected chi connectivity index (χ0v) is 19.6. The number of anilines is 2. The standard InChI is InChI=1S/C25H29N5O4/c1-4-7-23(31)27-19-8-6-9-20-17(19)15-18(25(33)28-20)24(32)26-13-12-16-10-11-21(29-34)22(14-16)30(3)5-2/h6,8-11,14-15H,4-5,7,12-13H2,1-3H3,(H,26,32)(H,27,31)(H,28,33). The molecule has 9 nitrogen and oxygen atoms in total. The summed E-state index contributed by atoms with van der Waals surface area (Å²) in [6, 6.07) is 12.0. The number of benzene rings is 2. The monoisotopic (exact) mass is 463 g/mol. The van der Waals surface area contributed by atoms with Crippen LogP contribution in [0.5, 0.6) is 0 Å². The number of carbonyl (C=O) groups excluding carboxylic acids is 2. The highest BCUT2D eigenvalue weighted by Crippen LogP contribution is 2.29. The average Bonchev–Trinajstić information content (AvgIpc) is 2.83. The minimum absolute atomic E-state index is 0.0309. The first-order chi connectivity index (χ1) is 16.4. The van der Waals surface area contributed by atoms with E-state index in [4.69, 9.17) is 0 Å². The molecular weight excluding hydrogens is 434 g/mol. The van der Waals surface area contributed by atoms with Gasteiger partial charge in [-0.3, -0.25) is 14.4 Å². The predicted molar refractivity (Wildman–Crippen MR) is 135 cm³/mol. The first-order valence-electron chi connectivity index (χ1n) is 11.3. The van der Waals surface area contributed by atoms with Crippen LogP contribution in [0.25, 0.3) is 10.9 Å². The third-order valence-corrected chi connectivity index (χ3v) is 5.61. The maximum Gasteiger partial charge on any atom is 0.261 e. The van der Waals surface area contributed by atoms with Crippen molar-refractivity contribution in [3.05, 3.63) is 68.9 Å². The van der Waals surface area contributed by atoms with E-state index in [1.54, 1.807) is 30.3 Å². The molecule has 0 aliphatic heterocycles. The topological polar surface area (TPSA) is 124 Å². The number of fused-ring (bicyclic) bond motifs is 1. The molecule has 0 radical (unpaired) electrons. The summed E-state index contributed by atoms with van der Waals surface area (Å²) in [5.41, 5.74) is 2.56. The highest BCUT2D eigenvalue weighted by molar-refractivity contribution is 6.04. The Morgan fingerprint density at radius 3 is 2.62 bits per heavy atom. The van der Waals surface area contributed by atoms with Crippen molar-refractivity contribution < 1.29 is 9.59 Å². The highest BCUT2D eigenvalue weighted by Gasteiger charge is 2.15. The maximum absolute atomic E-state index is 12.8. The van der Waals surface area contributed by atoms with Gasteiger partial charge in [-0.2, -0.15) is 0 Å². The summed E-state index contributed by atoms with van der Waals surface area (Å²) in [7, 11) is 1.88. The van der Waals surface area contributed by atoms with E-state index >= 15 is 0 Å². The van der Waals surface area contributed by atoms with Crippen LogP contribution in [0, 0.1) is 4.91 Å². The smallest absolute Gasteiger partial charge is 0.261 e. The SMILES string of the molecule is CCCC(=O)Nc1cccc2[nH]c(=O)c(C(=O)NCCc3ccc(N=O)c(N(C)CC)c3)cc12. The largest absolute Gasteiger partial charge is 0.373 e. The summed E-state index contributed by atoms with van der Waals surface area (Å²) in [6.45, 7) is 4.91. The number of aromatic amines is 1. The van der Waals surface area contributed by atoms with Gasteiger partial charge in [0.15, 0.2) is 0 Å². The van der Waals surface area contributed by atoms with Crippen LogP contribution in [-0.2, 0) is 11.2 Å². The molecule has 3 aromatic rings. The van der Waals surface area contributed by atoms with Gasteiger partial charge in [0, 0.05) is 31.9 Å². The first-order valence-corrected chi connectivity index (χ1v) is 11.3. The van der Waals surface area contributed by atoms with E-state index < -0.39 is 11.5 Å². The van der Waals surface area contributed by atoms with Gasteiger partial charge >= 0.3 is 0 Å². The normalized spacial score (nSPS) is 10.7. The van der Waals surface area contributed by atoms with Crippen LogP contribution in [0.4, 0.5) is 17.1 Å². The van der Waals surface area contributed by atoms with Gasteiger partial charge in [0.25, 0.3) is 11.5 Å². The number of amides is 2. The van der Waals surface area contributed by atoms with Crippen molar-refractivity contribution in [1.82, 2.24) is 10.3 Å². The predicted octanol–water partition coefficient (Wildman–Crippen LogP) is 4.09. The Morgan fingerprint density at radius 1 is 1.12 bits per heavy atom. The molecule has 0 saturated heterocycles. The van der Waals surface area contributed by atoms with Gasteiger partial charge in [-0.15, -0.1) is 4.91 Å². The molecule has 1 aromatic heterocycles. The molecule has 34 heavy (non-hydrogen) atoms. The highest BCUT2D eigenvalue weighted by atomic mass is 16.3. The second kappa shape index (κ2) is 11.2. The van der Waals surface area contributed by atoms with E-state index in [0.717, 1.165) is 11.3 Å². The molecule has 2 amide bonds. The molecule has 9 heteroatoms. The van der Waals surface area contributed by atoms with Gasteiger partial charge in [0.1, 0.15) is 11.3 Å². The number of nitrogens with one attached hydrogen (secondary N) is 3. The van der Waals surface area contributed by atoms with Crippen molar-refractivity contribution in [3.8, 4) is 0 Å². The molecule has 3 rings (SSSR count). The molecular formula is C25H29N5O4. The Balaban J connectivity index is 1.76. The van der Waals surface area contributed by atoms with Crippen molar-refractivity contribution in [1.29, 1.82) is 0 Å². The molecule has 1 heterocycles. The third-order valence-electron chi connectivity index (χ3n) is 5.61. The van der Waals surface area contributed by atoms with Crippen LogP contribution in [0.15, 0.2) is 52.4 Å². The van der Waals surface area contributed by atoms with Gasteiger partial charge in [-0.25, -0.2) is 0 Å². The van der Waals surface area contributed by atoms with Crippen LogP contribution in [0.3, 0.4) is 0 Å². The van der Waals surface area contributed by atoms with E-state index in [1.807, 2.05) is 31.9 Å². The minimum atomic E-state index is -0.505. The fourth-order valence-corrected chi connectivity index (χ4v) is 3.64. The first kappa shape index (κ1) is 24.6.